The van der Waals surface area contributed by atoms with Crippen molar-refractivity contribution in [1.82, 2.24) is 4.98 Å². The first kappa shape index (κ1) is 27.7. The van der Waals surface area contributed by atoms with Crippen molar-refractivity contribution in [2.45, 2.75) is 19.7 Å². The van der Waals surface area contributed by atoms with Gasteiger partial charge in [0.25, 0.3) is 11.8 Å². The van der Waals surface area contributed by atoms with Crippen molar-refractivity contribution in [2.24, 2.45) is 5.73 Å². The summed E-state index contributed by atoms with van der Waals surface area (Å²) in [6.07, 6.45) is -4.74. The van der Waals surface area contributed by atoms with E-state index in [1.165, 1.54) is 6.07 Å². The van der Waals surface area contributed by atoms with Crippen LogP contribution in [0.5, 0.6) is 11.5 Å². The number of carbonyl (C=O) groups is 2. The highest BCUT2D eigenvalue weighted by Crippen LogP contribution is 2.43. The van der Waals surface area contributed by atoms with E-state index in [4.69, 9.17) is 19.6 Å². The molecule has 0 saturated carbocycles. The maximum atomic E-state index is 13.7. The summed E-state index contributed by atoms with van der Waals surface area (Å²) in [5, 5.41) is 2.77. The van der Waals surface area contributed by atoms with E-state index < -0.39 is 23.7 Å². The number of aromatic nitrogens is 1. The molecule has 12 heteroatoms. The van der Waals surface area contributed by atoms with E-state index in [1.54, 1.807) is 61.7 Å². The van der Waals surface area contributed by atoms with Crippen molar-refractivity contribution in [3.8, 4) is 22.6 Å². The minimum absolute atomic E-state index is 0.0231. The largest absolute Gasteiger partial charge is 0.497 e. The molecule has 210 valence electrons. The van der Waals surface area contributed by atoms with Crippen molar-refractivity contribution in [2.75, 3.05) is 12.4 Å². The number of thiophene rings is 1. The van der Waals surface area contributed by atoms with Gasteiger partial charge in [0.15, 0.2) is 5.76 Å². The first-order valence-electron chi connectivity index (χ1n) is 12.1. The fraction of sp³-hybridized carbons (Fsp3) is 0.138. The Balaban J connectivity index is 1.49. The quantitative estimate of drug-likeness (QED) is 0.208. The zero-order valence-corrected chi connectivity index (χ0v) is 22.5. The van der Waals surface area contributed by atoms with Gasteiger partial charge in [-0.3, -0.25) is 9.59 Å². The second-order valence-corrected chi connectivity index (χ2v) is 9.95. The Hall–Kier alpha value is -4.84. The molecule has 5 rings (SSSR count). The average Bonchev–Trinajstić information content (AvgIpc) is 3.57. The van der Waals surface area contributed by atoms with Crippen LogP contribution in [-0.4, -0.2) is 23.9 Å². The van der Waals surface area contributed by atoms with Gasteiger partial charge in [-0.15, -0.1) is 11.3 Å². The predicted octanol–water partition coefficient (Wildman–Crippen LogP) is 6.82. The van der Waals surface area contributed by atoms with Gasteiger partial charge in [0.2, 0.25) is 0 Å². The molecule has 8 nitrogen and oxygen atoms in total. The van der Waals surface area contributed by atoms with E-state index in [1.807, 2.05) is 6.92 Å². The Kier molecular flexibility index (Phi) is 7.41. The predicted molar refractivity (Wildman–Crippen MR) is 147 cm³/mol. The van der Waals surface area contributed by atoms with Gasteiger partial charge >= 0.3 is 6.18 Å². The summed E-state index contributed by atoms with van der Waals surface area (Å²) in [7, 11) is 1.55. The Morgan fingerprint density at radius 1 is 1.02 bits per heavy atom. The van der Waals surface area contributed by atoms with Gasteiger partial charge in [0.05, 0.1) is 12.8 Å². The van der Waals surface area contributed by atoms with Gasteiger partial charge < -0.3 is 24.9 Å². The standard InChI is InChI=1S/C29H22F3N3O5S/c1-15-3-5-16(6-4-15)20-13-22(29(30,31)32)34-28-23(20)24(25(41-28)26(33)36)35-27(37)21-12-11-19(40-21)14-39-18-9-7-17(38-2)8-10-18/h3-13H,14H2,1-2H3,(H2,33,36)(H,35,37). The molecule has 0 spiro atoms. The molecule has 0 bridgehead atoms. The number of alkyl halides is 3. The third-order valence-electron chi connectivity index (χ3n) is 6.10. The lowest BCUT2D eigenvalue weighted by Crippen LogP contribution is -2.16. The Bertz CT molecular complexity index is 1740. The highest BCUT2D eigenvalue weighted by atomic mass is 32.1. The number of carbonyl (C=O) groups excluding carboxylic acids is 2. The van der Waals surface area contributed by atoms with Crippen LogP contribution in [0.4, 0.5) is 18.9 Å². The number of rotatable bonds is 8. The second-order valence-electron chi connectivity index (χ2n) is 8.95. The van der Waals surface area contributed by atoms with E-state index in [9.17, 15) is 22.8 Å². The molecule has 0 unspecified atom stereocenters. The summed E-state index contributed by atoms with van der Waals surface area (Å²) in [4.78, 5) is 29.0. The van der Waals surface area contributed by atoms with Crippen LogP contribution < -0.4 is 20.5 Å². The molecular formula is C29H22F3N3O5S. The van der Waals surface area contributed by atoms with Gasteiger partial charge in [-0.1, -0.05) is 29.8 Å². The number of nitrogens with zero attached hydrogens (tertiary/aromatic N) is 1. The number of halogens is 3. The molecule has 0 radical (unpaired) electrons. The van der Waals surface area contributed by atoms with Crippen molar-refractivity contribution in [3.63, 3.8) is 0 Å². The van der Waals surface area contributed by atoms with E-state index in [0.717, 1.165) is 11.6 Å². The SMILES string of the molecule is COc1ccc(OCc2ccc(C(=O)Nc3c(C(N)=O)sc4nc(C(F)(F)F)cc(-c5ccc(C)cc5)c34)o2)cc1. The number of hydrogen-bond acceptors (Lipinski definition) is 7. The van der Waals surface area contributed by atoms with Crippen LogP contribution in [0.15, 0.2) is 71.1 Å². The number of pyridine rings is 1. The lowest BCUT2D eigenvalue weighted by Gasteiger charge is -2.12. The van der Waals surface area contributed by atoms with Crippen LogP contribution in [0.1, 0.15) is 37.2 Å². The number of nitrogens with two attached hydrogens (primary N) is 1. The molecular weight excluding hydrogens is 559 g/mol. The van der Waals surface area contributed by atoms with E-state index >= 15 is 0 Å². The van der Waals surface area contributed by atoms with E-state index in [2.05, 4.69) is 10.3 Å². The number of anilines is 1. The average molecular weight is 582 g/mol. The van der Waals surface area contributed by atoms with E-state index in [0.29, 0.717) is 34.2 Å². The third kappa shape index (κ3) is 5.87. The Morgan fingerprint density at radius 3 is 2.34 bits per heavy atom. The first-order valence-corrected chi connectivity index (χ1v) is 12.9. The lowest BCUT2D eigenvalue weighted by molar-refractivity contribution is -0.140. The molecule has 3 heterocycles. The zero-order valence-electron chi connectivity index (χ0n) is 21.7. The number of fused-ring (bicyclic) bond motifs is 1. The fourth-order valence-electron chi connectivity index (χ4n) is 4.08. The monoisotopic (exact) mass is 581 g/mol. The summed E-state index contributed by atoms with van der Waals surface area (Å²) < 4.78 is 57.6. The molecule has 2 aromatic carbocycles. The molecule has 0 saturated heterocycles. The summed E-state index contributed by atoms with van der Waals surface area (Å²) in [5.41, 5.74) is 5.85. The van der Waals surface area contributed by atoms with Crippen LogP contribution in [0.25, 0.3) is 21.3 Å². The molecule has 41 heavy (non-hydrogen) atoms. The Morgan fingerprint density at radius 2 is 1.71 bits per heavy atom. The summed E-state index contributed by atoms with van der Waals surface area (Å²) in [5.74, 6) is -0.213. The van der Waals surface area contributed by atoms with Gasteiger partial charge in [-0.05, 0) is 60.5 Å². The fourth-order valence-corrected chi connectivity index (χ4v) is 5.08. The highest BCUT2D eigenvalue weighted by Gasteiger charge is 2.35. The number of methoxy groups -OCH3 is 1. The third-order valence-corrected chi connectivity index (χ3v) is 7.20. The van der Waals surface area contributed by atoms with Crippen LogP contribution in [0.3, 0.4) is 0 Å². The van der Waals surface area contributed by atoms with Crippen LogP contribution in [0, 0.1) is 6.92 Å². The number of ether oxygens (including phenoxy) is 2. The lowest BCUT2D eigenvalue weighted by atomic mass is 10.00. The minimum atomic E-state index is -4.74. The van der Waals surface area contributed by atoms with Crippen molar-refractivity contribution in [3.05, 3.63) is 94.4 Å². The molecule has 3 N–H and O–H groups in total. The number of aryl methyl sites for hydroxylation is 1. The van der Waals surface area contributed by atoms with Crippen molar-refractivity contribution >= 4 is 39.1 Å². The molecule has 0 atom stereocenters. The van der Waals surface area contributed by atoms with E-state index in [-0.39, 0.29) is 38.7 Å². The summed E-state index contributed by atoms with van der Waals surface area (Å²) >= 11 is 0.665. The second kappa shape index (κ2) is 11.0. The maximum absolute atomic E-state index is 13.7. The summed E-state index contributed by atoms with van der Waals surface area (Å²) in [6.45, 7) is 1.86. The maximum Gasteiger partial charge on any atom is 0.433 e. The van der Waals surface area contributed by atoms with Crippen molar-refractivity contribution < 1.29 is 36.7 Å². The molecule has 0 fully saturated rings. The molecule has 0 aliphatic rings. The van der Waals surface area contributed by atoms with Crippen LogP contribution in [0.2, 0.25) is 0 Å². The number of amides is 2. The molecule has 0 aliphatic carbocycles. The number of primary amides is 1. The molecule has 2 amide bonds. The smallest absolute Gasteiger partial charge is 0.433 e. The van der Waals surface area contributed by atoms with Gasteiger partial charge in [-0.25, -0.2) is 4.98 Å². The number of hydrogen-bond donors (Lipinski definition) is 2. The van der Waals surface area contributed by atoms with Crippen LogP contribution in [-0.2, 0) is 12.8 Å². The molecule has 3 aromatic heterocycles. The molecule has 5 aromatic rings. The number of furan rings is 1. The molecule has 0 aliphatic heterocycles. The topological polar surface area (TPSA) is 117 Å². The Labute approximate surface area is 235 Å². The van der Waals surface area contributed by atoms with Crippen molar-refractivity contribution in [1.29, 1.82) is 0 Å². The highest BCUT2D eigenvalue weighted by molar-refractivity contribution is 7.21. The summed E-state index contributed by atoms with van der Waals surface area (Å²) in [6, 6.07) is 17.5. The van der Waals surface area contributed by atoms with Crippen LogP contribution >= 0.6 is 11.3 Å². The normalized spacial score (nSPS) is 11.4. The first-order chi connectivity index (χ1) is 19.5. The number of nitrogens with one attached hydrogen (secondary N) is 1. The van der Waals surface area contributed by atoms with Gasteiger partial charge in [0.1, 0.15) is 39.3 Å². The van der Waals surface area contributed by atoms with Gasteiger partial charge in [-0.2, -0.15) is 13.2 Å². The number of benzene rings is 2. The van der Waals surface area contributed by atoms with Gasteiger partial charge in [0, 0.05) is 5.39 Å². The minimum Gasteiger partial charge on any atom is -0.497 e. The zero-order chi connectivity index (χ0) is 29.3.